The quantitative estimate of drug-likeness (QED) is 0.785. The fraction of sp³-hybridized carbons (Fsp3) is 0.190. The molecule has 0 spiro atoms. The van der Waals surface area contributed by atoms with Crippen molar-refractivity contribution in [3.05, 3.63) is 71.8 Å². The van der Waals surface area contributed by atoms with E-state index in [9.17, 15) is 4.79 Å². The average Bonchev–Trinajstić information content (AvgIpc) is 3.09. The fourth-order valence-corrected chi connectivity index (χ4v) is 3.18. The Morgan fingerprint density at radius 1 is 1.04 bits per heavy atom. The molecule has 1 N–H and O–H groups in total. The lowest BCUT2D eigenvalue weighted by atomic mass is 10.0. The van der Waals surface area contributed by atoms with Crippen LogP contribution in [0.25, 0.3) is 10.8 Å². The molecule has 4 rings (SSSR count). The molecule has 1 unspecified atom stereocenters. The highest BCUT2D eigenvalue weighted by atomic mass is 16.7. The zero-order valence-corrected chi connectivity index (χ0v) is 14.0. The van der Waals surface area contributed by atoms with Crippen LogP contribution in [0.3, 0.4) is 0 Å². The largest absolute Gasteiger partial charge is 0.454 e. The Morgan fingerprint density at radius 3 is 2.76 bits per heavy atom. The van der Waals surface area contributed by atoms with E-state index < -0.39 is 0 Å². The summed E-state index contributed by atoms with van der Waals surface area (Å²) in [6.07, 6.45) is 0.357. The normalized spacial score (nSPS) is 13.6. The summed E-state index contributed by atoms with van der Waals surface area (Å²) < 4.78 is 10.7. The van der Waals surface area contributed by atoms with Crippen molar-refractivity contribution < 1.29 is 14.3 Å². The number of nitrogens with one attached hydrogen (secondary N) is 1. The molecule has 126 valence electrons. The number of benzene rings is 3. The standard InChI is InChI=1S/C21H19NO3/c1-14(16-9-10-19-20(11-16)25-13-24-19)22-21(23)12-17-7-4-6-15-5-2-3-8-18(15)17/h2-11,14H,12-13H2,1H3,(H,22,23). The Kier molecular flexibility index (Phi) is 4.02. The maximum Gasteiger partial charge on any atom is 0.231 e. The maximum atomic E-state index is 12.5. The lowest BCUT2D eigenvalue weighted by Crippen LogP contribution is -2.28. The lowest BCUT2D eigenvalue weighted by molar-refractivity contribution is -0.121. The van der Waals surface area contributed by atoms with E-state index in [1.165, 1.54) is 0 Å². The molecule has 0 saturated heterocycles. The second kappa shape index (κ2) is 6.48. The molecule has 25 heavy (non-hydrogen) atoms. The van der Waals surface area contributed by atoms with Gasteiger partial charge >= 0.3 is 0 Å². The number of amides is 1. The van der Waals surface area contributed by atoms with E-state index in [-0.39, 0.29) is 18.7 Å². The number of carbonyl (C=O) groups excluding carboxylic acids is 1. The molecule has 4 heteroatoms. The summed E-state index contributed by atoms with van der Waals surface area (Å²) in [6.45, 7) is 2.22. The molecule has 4 nitrogen and oxygen atoms in total. The van der Waals surface area contributed by atoms with Gasteiger partial charge in [0.15, 0.2) is 11.5 Å². The molecule has 0 saturated carbocycles. The third kappa shape index (κ3) is 3.15. The van der Waals surface area contributed by atoms with Crippen molar-refractivity contribution in [3.8, 4) is 11.5 Å². The van der Waals surface area contributed by atoms with Crippen LogP contribution >= 0.6 is 0 Å². The molecule has 3 aromatic carbocycles. The van der Waals surface area contributed by atoms with E-state index in [1.807, 2.05) is 49.4 Å². The number of rotatable bonds is 4. The van der Waals surface area contributed by atoms with Crippen LogP contribution in [0.5, 0.6) is 11.5 Å². The van der Waals surface area contributed by atoms with Crippen molar-refractivity contribution in [2.45, 2.75) is 19.4 Å². The fourth-order valence-electron chi connectivity index (χ4n) is 3.18. The second-order valence-corrected chi connectivity index (χ2v) is 6.22. The summed E-state index contributed by atoms with van der Waals surface area (Å²) in [5.74, 6) is 1.48. The highest BCUT2D eigenvalue weighted by Gasteiger charge is 2.17. The van der Waals surface area contributed by atoms with Crippen molar-refractivity contribution in [3.63, 3.8) is 0 Å². The van der Waals surface area contributed by atoms with Crippen LogP contribution in [0.15, 0.2) is 60.7 Å². The summed E-state index contributed by atoms with van der Waals surface area (Å²) in [5.41, 5.74) is 2.03. The Morgan fingerprint density at radius 2 is 1.84 bits per heavy atom. The van der Waals surface area contributed by atoms with Gasteiger partial charge in [0.05, 0.1) is 12.5 Å². The van der Waals surface area contributed by atoms with Crippen molar-refractivity contribution in [1.29, 1.82) is 0 Å². The van der Waals surface area contributed by atoms with Gasteiger partial charge in [0.25, 0.3) is 0 Å². The van der Waals surface area contributed by atoms with Gasteiger partial charge in [-0.15, -0.1) is 0 Å². The van der Waals surface area contributed by atoms with Gasteiger partial charge in [0.2, 0.25) is 12.7 Å². The summed E-state index contributed by atoms with van der Waals surface area (Å²) >= 11 is 0. The highest BCUT2D eigenvalue weighted by Crippen LogP contribution is 2.34. The minimum atomic E-state index is -0.100. The lowest BCUT2D eigenvalue weighted by Gasteiger charge is -2.15. The summed E-state index contributed by atoms with van der Waals surface area (Å²) in [5, 5.41) is 5.34. The van der Waals surface area contributed by atoms with Gasteiger partial charge < -0.3 is 14.8 Å². The number of hydrogen-bond donors (Lipinski definition) is 1. The Hall–Kier alpha value is -3.01. The first-order chi connectivity index (χ1) is 12.2. The summed E-state index contributed by atoms with van der Waals surface area (Å²) in [7, 11) is 0. The number of hydrogen-bond acceptors (Lipinski definition) is 3. The molecule has 0 aromatic heterocycles. The molecular formula is C21H19NO3. The zero-order chi connectivity index (χ0) is 17.2. The molecular weight excluding hydrogens is 314 g/mol. The molecule has 3 aromatic rings. The number of ether oxygens (including phenoxy) is 2. The Bertz CT molecular complexity index is 930. The predicted octanol–water partition coefficient (Wildman–Crippen LogP) is 3.99. The highest BCUT2D eigenvalue weighted by molar-refractivity contribution is 5.90. The Balaban J connectivity index is 1.48. The molecule has 1 aliphatic heterocycles. The third-order valence-corrected chi connectivity index (χ3v) is 4.51. The first kappa shape index (κ1) is 15.5. The van der Waals surface area contributed by atoms with Gasteiger partial charge in [-0.1, -0.05) is 48.5 Å². The number of carbonyl (C=O) groups is 1. The van der Waals surface area contributed by atoms with Crippen LogP contribution in [0.1, 0.15) is 24.1 Å². The van der Waals surface area contributed by atoms with Crippen molar-refractivity contribution in [2.24, 2.45) is 0 Å². The first-order valence-electron chi connectivity index (χ1n) is 8.36. The SMILES string of the molecule is CC(NC(=O)Cc1cccc2ccccc12)c1ccc2c(c1)OCO2. The topological polar surface area (TPSA) is 47.6 Å². The van der Waals surface area contributed by atoms with Gasteiger partial charge in [-0.05, 0) is 41.0 Å². The van der Waals surface area contributed by atoms with E-state index in [4.69, 9.17) is 9.47 Å². The van der Waals surface area contributed by atoms with Gasteiger partial charge in [0.1, 0.15) is 0 Å². The van der Waals surface area contributed by atoms with Crippen LogP contribution < -0.4 is 14.8 Å². The molecule has 0 fully saturated rings. The van der Waals surface area contributed by atoms with E-state index in [1.54, 1.807) is 0 Å². The van der Waals surface area contributed by atoms with Gasteiger partial charge in [0, 0.05) is 0 Å². The van der Waals surface area contributed by atoms with Gasteiger partial charge in [-0.3, -0.25) is 4.79 Å². The van der Waals surface area contributed by atoms with Gasteiger partial charge in [-0.25, -0.2) is 0 Å². The van der Waals surface area contributed by atoms with E-state index in [0.29, 0.717) is 6.42 Å². The molecule has 1 aliphatic rings. The maximum absolute atomic E-state index is 12.5. The summed E-state index contributed by atoms with van der Waals surface area (Å²) in [6, 6.07) is 19.8. The molecule has 0 radical (unpaired) electrons. The zero-order valence-electron chi connectivity index (χ0n) is 14.0. The third-order valence-electron chi connectivity index (χ3n) is 4.51. The van der Waals surface area contributed by atoms with Crippen LogP contribution in [0.4, 0.5) is 0 Å². The van der Waals surface area contributed by atoms with Crippen LogP contribution in [0.2, 0.25) is 0 Å². The van der Waals surface area contributed by atoms with E-state index in [0.717, 1.165) is 33.4 Å². The summed E-state index contributed by atoms with van der Waals surface area (Å²) in [4.78, 5) is 12.5. The van der Waals surface area contributed by atoms with Crippen LogP contribution in [-0.4, -0.2) is 12.7 Å². The van der Waals surface area contributed by atoms with E-state index in [2.05, 4.69) is 23.5 Å². The van der Waals surface area contributed by atoms with Crippen LogP contribution in [-0.2, 0) is 11.2 Å². The molecule has 0 bridgehead atoms. The molecule has 1 atom stereocenters. The average molecular weight is 333 g/mol. The van der Waals surface area contributed by atoms with Crippen molar-refractivity contribution >= 4 is 16.7 Å². The minimum Gasteiger partial charge on any atom is -0.454 e. The Labute approximate surface area is 146 Å². The predicted molar refractivity (Wildman–Crippen MR) is 96.8 cm³/mol. The smallest absolute Gasteiger partial charge is 0.231 e. The monoisotopic (exact) mass is 333 g/mol. The molecule has 1 heterocycles. The van der Waals surface area contributed by atoms with Gasteiger partial charge in [-0.2, -0.15) is 0 Å². The van der Waals surface area contributed by atoms with Crippen molar-refractivity contribution in [2.75, 3.05) is 6.79 Å². The van der Waals surface area contributed by atoms with Crippen molar-refractivity contribution in [1.82, 2.24) is 5.32 Å². The van der Waals surface area contributed by atoms with Crippen LogP contribution in [0, 0.1) is 0 Å². The second-order valence-electron chi connectivity index (χ2n) is 6.22. The minimum absolute atomic E-state index is 0.00141. The van der Waals surface area contributed by atoms with E-state index >= 15 is 0 Å². The molecule has 0 aliphatic carbocycles. The number of fused-ring (bicyclic) bond motifs is 2. The first-order valence-corrected chi connectivity index (χ1v) is 8.36. The molecule has 1 amide bonds.